The normalized spacial score (nSPS) is 16.8. The first-order chi connectivity index (χ1) is 15.0. The third kappa shape index (κ3) is 13.3. The van der Waals surface area contributed by atoms with Crippen molar-refractivity contribution in [2.75, 3.05) is 26.3 Å². The molecule has 188 valence electrons. The Morgan fingerprint density at radius 3 is 2.16 bits per heavy atom. The van der Waals surface area contributed by atoms with E-state index in [9.17, 15) is 24.9 Å². The summed E-state index contributed by atoms with van der Waals surface area (Å²) in [6.07, 6.45) is -3.79. The Morgan fingerprint density at radius 2 is 1.59 bits per heavy atom. The van der Waals surface area contributed by atoms with Crippen LogP contribution in [0.4, 0.5) is 0 Å². The van der Waals surface area contributed by atoms with Crippen molar-refractivity contribution in [2.45, 2.75) is 62.4 Å². The minimum absolute atomic E-state index is 0.0474. The number of nitrogens with one attached hydrogen (secondary N) is 2. The van der Waals surface area contributed by atoms with Crippen LogP contribution in [0.1, 0.15) is 25.7 Å². The van der Waals surface area contributed by atoms with Crippen molar-refractivity contribution < 1.29 is 45.1 Å². The van der Waals surface area contributed by atoms with Gasteiger partial charge in [-0.2, -0.15) is 0 Å². The van der Waals surface area contributed by atoms with Crippen LogP contribution in [0.3, 0.4) is 0 Å². The summed E-state index contributed by atoms with van der Waals surface area (Å²) in [7, 11) is 0. The van der Waals surface area contributed by atoms with Crippen molar-refractivity contribution in [3.05, 3.63) is 0 Å². The Kier molecular flexibility index (Phi) is 15.4. The number of esters is 2. The Hall–Kier alpha value is -2.11. The van der Waals surface area contributed by atoms with Crippen LogP contribution in [0.15, 0.2) is 0 Å². The molecule has 6 unspecified atom stereocenters. The van der Waals surface area contributed by atoms with Gasteiger partial charge in [-0.15, -0.1) is 0 Å². The van der Waals surface area contributed by atoms with E-state index in [4.69, 9.17) is 38.1 Å². The first-order valence-corrected chi connectivity index (χ1v) is 10.3. The number of aliphatic hydroxyl groups excluding tert-OH is 3. The van der Waals surface area contributed by atoms with E-state index in [1.54, 1.807) is 0 Å². The number of rotatable bonds is 17. The van der Waals surface area contributed by atoms with Gasteiger partial charge < -0.3 is 42.0 Å². The zero-order chi connectivity index (χ0) is 24.7. The summed E-state index contributed by atoms with van der Waals surface area (Å²) in [5.41, 5.74) is 31.0. The topological polar surface area (TPSA) is 297 Å². The fourth-order valence-electron chi connectivity index (χ4n) is 2.51. The molecule has 15 nitrogen and oxygen atoms in total. The molecule has 0 fully saturated rings. The van der Waals surface area contributed by atoms with Gasteiger partial charge in [0.1, 0.15) is 30.9 Å². The van der Waals surface area contributed by atoms with Gasteiger partial charge in [0.15, 0.2) is 12.4 Å². The Bertz CT molecular complexity index is 577. The Morgan fingerprint density at radius 1 is 1.00 bits per heavy atom. The summed E-state index contributed by atoms with van der Waals surface area (Å²) in [5.74, 6) is -1.65. The lowest BCUT2D eigenvalue weighted by atomic mass is 10.1. The number of hydrogen-bond donors (Lipinski definition) is 11. The molecule has 6 atom stereocenters. The summed E-state index contributed by atoms with van der Waals surface area (Å²) >= 11 is 0. The van der Waals surface area contributed by atoms with Crippen LogP contribution < -0.4 is 44.7 Å². The second-order valence-electron chi connectivity index (χ2n) is 7.29. The monoisotopic (exact) mass is 468 g/mol. The molecule has 18 N–H and O–H groups in total. The van der Waals surface area contributed by atoms with Gasteiger partial charge in [-0.25, -0.2) is 0 Å². The highest BCUT2D eigenvalue weighted by Crippen LogP contribution is 2.10. The van der Waals surface area contributed by atoms with Gasteiger partial charge in [0.25, 0.3) is 0 Å². The summed E-state index contributed by atoms with van der Waals surface area (Å²) < 4.78 is 9.99. The van der Waals surface area contributed by atoms with Crippen molar-refractivity contribution in [1.29, 1.82) is 0 Å². The fraction of sp³-hybridized carbons (Fsp3) is 0.824. The molecular formula is C17H40N8O7+2. The number of aliphatic hydroxyl groups is 3. The van der Waals surface area contributed by atoms with Crippen molar-refractivity contribution in [3.63, 3.8) is 0 Å². The zero-order valence-corrected chi connectivity index (χ0v) is 18.2. The second-order valence-corrected chi connectivity index (χ2v) is 7.29. The average molecular weight is 469 g/mol. The molecule has 0 aromatic carbocycles. The highest BCUT2D eigenvalue weighted by molar-refractivity contribution is 5.76. The Labute approximate surface area is 186 Å². The third-order valence-corrected chi connectivity index (χ3v) is 4.32. The lowest BCUT2D eigenvalue weighted by Gasteiger charge is -2.27. The maximum atomic E-state index is 12.2. The lowest BCUT2D eigenvalue weighted by molar-refractivity contribution is -0.459. The molecule has 0 radical (unpaired) electrons. The van der Waals surface area contributed by atoms with Gasteiger partial charge in [-0.1, -0.05) is 0 Å². The van der Waals surface area contributed by atoms with E-state index in [-0.39, 0.29) is 18.8 Å². The van der Waals surface area contributed by atoms with Crippen LogP contribution in [0.25, 0.3) is 0 Å². The van der Waals surface area contributed by atoms with E-state index >= 15 is 0 Å². The van der Waals surface area contributed by atoms with Gasteiger partial charge in [-0.05, 0) is 25.7 Å². The van der Waals surface area contributed by atoms with E-state index in [1.807, 2.05) is 0 Å². The van der Waals surface area contributed by atoms with Gasteiger partial charge >= 0.3 is 17.9 Å². The molecule has 0 saturated carbocycles. The van der Waals surface area contributed by atoms with E-state index < -0.39 is 61.8 Å². The van der Waals surface area contributed by atoms with Gasteiger partial charge in [0, 0.05) is 6.54 Å². The molecule has 15 heteroatoms. The van der Waals surface area contributed by atoms with E-state index in [2.05, 4.69) is 16.0 Å². The smallest absolute Gasteiger partial charge is 0.338 e. The fourth-order valence-corrected chi connectivity index (χ4v) is 2.51. The second kappa shape index (κ2) is 16.5. The summed E-state index contributed by atoms with van der Waals surface area (Å²) in [4.78, 5) is 26.8. The van der Waals surface area contributed by atoms with Gasteiger partial charge in [0.05, 0.1) is 13.2 Å². The molecule has 32 heavy (non-hydrogen) atoms. The van der Waals surface area contributed by atoms with Crippen molar-refractivity contribution in [2.24, 2.45) is 28.7 Å². The highest BCUT2D eigenvalue weighted by atomic mass is 16.6. The van der Waals surface area contributed by atoms with Crippen molar-refractivity contribution >= 4 is 17.9 Å². The number of nitrogens with two attached hydrogens (primary N) is 5. The van der Waals surface area contributed by atoms with E-state index in [1.165, 1.54) is 0 Å². The average Bonchev–Trinajstić information content (AvgIpc) is 2.74. The standard InChI is InChI=1S/C17H38N8O7/c18-9(3-1-5-24-16(20)21)14(29)31-8-12(28)13(11(27)7-26)32-15(30)10(19)4-2-6-25-17(22)23/h9-13,17,25-28H,1-8,18-19,22-23H2,(H4,20,21,24)/p+2. The molecule has 0 spiro atoms. The largest absolute Gasteiger partial charge is 0.462 e. The van der Waals surface area contributed by atoms with Crippen LogP contribution >= 0.6 is 0 Å². The zero-order valence-electron chi connectivity index (χ0n) is 18.2. The summed E-state index contributed by atoms with van der Waals surface area (Å²) in [6.45, 7) is -0.548. The molecule has 0 aliphatic heterocycles. The number of carbonyl (C=O) groups is 2. The summed E-state index contributed by atoms with van der Waals surface area (Å²) in [6, 6.07) is -2.01. The highest BCUT2D eigenvalue weighted by Gasteiger charge is 2.33. The molecule has 0 bridgehead atoms. The number of guanidine groups is 1. The summed E-state index contributed by atoms with van der Waals surface area (Å²) in [5, 5.41) is 32.2. The van der Waals surface area contributed by atoms with Crippen LogP contribution in [0, 0.1) is 0 Å². The third-order valence-electron chi connectivity index (χ3n) is 4.32. The molecule has 0 aromatic rings. The number of quaternary nitrogens is 1. The van der Waals surface area contributed by atoms with Crippen molar-refractivity contribution in [3.8, 4) is 0 Å². The SMILES string of the molecule is NC(N)=[NH+]CCCC(N)C(=O)OCC(O)C(OC(=O)C(N)CCCNC(N)[NH3+])C(O)CO. The van der Waals surface area contributed by atoms with Crippen molar-refractivity contribution in [1.82, 2.24) is 5.32 Å². The predicted molar refractivity (Wildman–Crippen MR) is 112 cm³/mol. The number of carbonyl (C=O) groups excluding carboxylic acids is 2. The van der Waals surface area contributed by atoms with Crippen LogP contribution in [0.5, 0.6) is 0 Å². The minimum atomic E-state index is -1.62. The minimum Gasteiger partial charge on any atom is -0.462 e. The molecule has 0 rings (SSSR count). The maximum absolute atomic E-state index is 12.2. The molecule has 0 saturated heterocycles. The number of hydrogen-bond acceptors (Lipinski definition) is 11. The number of ether oxygens (including phenoxy) is 2. The van der Waals surface area contributed by atoms with Crippen LogP contribution in [-0.2, 0) is 19.1 Å². The first kappa shape index (κ1) is 29.9. The van der Waals surface area contributed by atoms with E-state index in [0.717, 1.165) is 0 Å². The molecule has 0 amide bonds. The predicted octanol–water partition coefficient (Wildman–Crippen LogP) is -8.20. The Balaban J connectivity index is 4.61. The molecule has 0 aromatic heterocycles. The first-order valence-electron chi connectivity index (χ1n) is 10.3. The quantitative estimate of drug-likeness (QED) is 0.0311. The maximum Gasteiger partial charge on any atom is 0.338 e. The van der Waals surface area contributed by atoms with Crippen LogP contribution in [-0.4, -0.2) is 96.2 Å². The molecule has 0 aliphatic carbocycles. The molecule has 0 aliphatic rings. The molecular weight excluding hydrogens is 428 g/mol. The molecule has 0 heterocycles. The van der Waals surface area contributed by atoms with E-state index in [0.29, 0.717) is 25.9 Å². The lowest BCUT2D eigenvalue weighted by Crippen LogP contribution is -2.78. The van der Waals surface area contributed by atoms with Crippen LogP contribution in [0.2, 0.25) is 0 Å². The van der Waals surface area contributed by atoms with Gasteiger partial charge in [-0.3, -0.25) is 37.1 Å². The van der Waals surface area contributed by atoms with Gasteiger partial charge in [0.2, 0.25) is 0 Å².